The molecule has 1 aromatic rings. The number of aromatic nitrogens is 2. The number of nitrogens with zero attached hydrogens (tertiary/aromatic N) is 2. The lowest BCUT2D eigenvalue weighted by Gasteiger charge is -2.06. The lowest BCUT2D eigenvalue weighted by molar-refractivity contribution is 0.0932. The molecule has 6 heteroatoms. The van der Waals surface area contributed by atoms with Gasteiger partial charge in [-0.25, -0.2) is 9.97 Å². The van der Waals surface area contributed by atoms with Gasteiger partial charge in [0.25, 0.3) is 5.91 Å². The molecule has 0 spiro atoms. The Morgan fingerprint density at radius 2 is 2.35 bits per heavy atom. The van der Waals surface area contributed by atoms with E-state index in [1.54, 1.807) is 13.2 Å². The van der Waals surface area contributed by atoms with E-state index in [-0.39, 0.29) is 5.91 Å². The molecule has 1 heterocycles. The molecular weight excluding hydrogens is 220 g/mol. The van der Waals surface area contributed by atoms with Crippen LogP contribution in [-0.2, 0) is 4.74 Å². The fourth-order valence-electron chi connectivity index (χ4n) is 1.35. The first-order chi connectivity index (χ1) is 8.29. The van der Waals surface area contributed by atoms with Crippen LogP contribution in [0.2, 0.25) is 0 Å². The predicted octanol–water partition coefficient (Wildman–Crippen LogP) is 0.427. The Morgan fingerprint density at radius 1 is 1.53 bits per heavy atom. The van der Waals surface area contributed by atoms with Crippen LogP contribution in [0.3, 0.4) is 0 Å². The fraction of sp³-hybridized carbons (Fsp3) is 0.545. The van der Waals surface area contributed by atoms with Gasteiger partial charge in [0, 0.05) is 25.8 Å². The molecule has 0 atom stereocenters. The Kier molecular flexibility index (Phi) is 3.87. The highest BCUT2D eigenvalue weighted by Gasteiger charge is 2.21. The smallest absolute Gasteiger partial charge is 0.270 e. The van der Waals surface area contributed by atoms with E-state index in [9.17, 15) is 4.79 Å². The van der Waals surface area contributed by atoms with Crippen molar-refractivity contribution in [2.75, 3.05) is 25.6 Å². The van der Waals surface area contributed by atoms with Crippen LogP contribution in [0.1, 0.15) is 23.3 Å². The van der Waals surface area contributed by atoms with E-state index < -0.39 is 0 Å². The third-order valence-electron chi connectivity index (χ3n) is 2.42. The highest BCUT2D eigenvalue weighted by Crippen LogP contribution is 2.23. The Labute approximate surface area is 99.8 Å². The maximum Gasteiger partial charge on any atom is 0.270 e. The SMILES string of the molecule is COCCNC(=O)c1cc(NC2CC2)ncn1. The molecule has 1 amide bonds. The largest absolute Gasteiger partial charge is 0.383 e. The Morgan fingerprint density at radius 3 is 3.06 bits per heavy atom. The minimum absolute atomic E-state index is 0.205. The third kappa shape index (κ3) is 3.67. The summed E-state index contributed by atoms with van der Waals surface area (Å²) in [5.41, 5.74) is 0.374. The molecule has 0 saturated heterocycles. The maximum absolute atomic E-state index is 11.7. The van der Waals surface area contributed by atoms with Crippen molar-refractivity contribution >= 4 is 11.7 Å². The van der Waals surface area contributed by atoms with Gasteiger partial charge in [0.15, 0.2) is 0 Å². The Hall–Kier alpha value is -1.69. The quantitative estimate of drug-likeness (QED) is 0.700. The van der Waals surface area contributed by atoms with Crippen molar-refractivity contribution in [3.63, 3.8) is 0 Å². The van der Waals surface area contributed by atoms with Crippen LogP contribution >= 0.6 is 0 Å². The summed E-state index contributed by atoms with van der Waals surface area (Å²) in [6.07, 6.45) is 3.73. The molecule has 1 saturated carbocycles. The number of hydrogen-bond acceptors (Lipinski definition) is 5. The van der Waals surface area contributed by atoms with Crippen LogP contribution in [0.15, 0.2) is 12.4 Å². The zero-order valence-electron chi connectivity index (χ0n) is 9.77. The summed E-state index contributed by atoms with van der Waals surface area (Å²) in [5, 5.41) is 5.94. The van der Waals surface area contributed by atoms with Crippen molar-refractivity contribution in [2.45, 2.75) is 18.9 Å². The summed E-state index contributed by atoms with van der Waals surface area (Å²) >= 11 is 0. The molecule has 2 N–H and O–H groups in total. The zero-order valence-corrected chi connectivity index (χ0v) is 9.77. The first-order valence-electron chi connectivity index (χ1n) is 5.65. The average molecular weight is 236 g/mol. The predicted molar refractivity (Wildman–Crippen MR) is 62.9 cm³/mol. The van der Waals surface area contributed by atoms with Crippen LogP contribution < -0.4 is 10.6 Å². The summed E-state index contributed by atoms with van der Waals surface area (Å²) in [4.78, 5) is 19.7. The minimum Gasteiger partial charge on any atom is -0.383 e. The van der Waals surface area contributed by atoms with E-state index in [0.717, 1.165) is 0 Å². The van der Waals surface area contributed by atoms with Gasteiger partial charge in [-0.15, -0.1) is 0 Å². The second-order valence-electron chi connectivity index (χ2n) is 3.96. The molecule has 1 aromatic heterocycles. The first kappa shape index (κ1) is 11.8. The Bertz CT molecular complexity index is 393. The molecular formula is C11H16N4O2. The van der Waals surface area contributed by atoms with E-state index in [1.807, 2.05) is 0 Å². The monoisotopic (exact) mass is 236 g/mol. The van der Waals surface area contributed by atoms with Crippen LogP contribution in [0.5, 0.6) is 0 Å². The second kappa shape index (κ2) is 5.58. The molecule has 17 heavy (non-hydrogen) atoms. The molecule has 1 fully saturated rings. The summed E-state index contributed by atoms with van der Waals surface area (Å²) in [7, 11) is 1.59. The zero-order chi connectivity index (χ0) is 12.1. The summed E-state index contributed by atoms with van der Waals surface area (Å²) in [5.74, 6) is 0.502. The number of anilines is 1. The third-order valence-corrected chi connectivity index (χ3v) is 2.42. The van der Waals surface area contributed by atoms with Crippen LogP contribution in [-0.4, -0.2) is 42.2 Å². The van der Waals surface area contributed by atoms with Gasteiger partial charge in [-0.1, -0.05) is 0 Å². The van der Waals surface area contributed by atoms with Gasteiger partial charge < -0.3 is 15.4 Å². The molecule has 0 bridgehead atoms. The lowest BCUT2D eigenvalue weighted by atomic mass is 10.3. The maximum atomic E-state index is 11.7. The van der Waals surface area contributed by atoms with Gasteiger partial charge in [0.2, 0.25) is 0 Å². The number of ether oxygens (including phenoxy) is 1. The van der Waals surface area contributed by atoms with E-state index in [2.05, 4.69) is 20.6 Å². The first-order valence-corrected chi connectivity index (χ1v) is 5.65. The van der Waals surface area contributed by atoms with Crippen molar-refractivity contribution in [3.05, 3.63) is 18.1 Å². The van der Waals surface area contributed by atoms with Crippen molar-refractivity contribution in [3.8, 4) is 0 Å². The van der Waals surface area contributed by atoms with Crippen molar-refractivity contribution in [2.24, 2.45) is 0 Å². The van der Waals surface area contributed by atoms with Crippen LogP contribution in [0, 0.1) is 0 Å². The van der Waals surface area contributed by atoms with Crippen molar-refractivity contribution < 1.29 is 9.53 Å². The van der Waals surface area contributed by atoms with Gasteiger partial charge in [-0.2, -0.15) is 0 Å². The molecule has 1 aliphatic rings. The number of hydrogen-bond donors (Lipinski definition) is 2. The second-order valence-corrected chi connectivity index (χ2v) is 3.96. The van der Waals surface area contributed by atoms with Crippen LogP contribution in [0.25, 0.3) is 0 Å². The number of carbonyl (C=O) groups is 1. The van der Waals surface area contributed by atoms with Gasteiger partial charge >= 0.3 is 0 Å². The van der Waals surface area contributed by atoms with Gasteiger partial charge in [0.05, 0.1) is 6.61 Å². The number of amides is 1. The van der Waals surface area contributed by atoms with Crippen molar-refractivity contribution in [1.29, 1.82) is 0 Å². The van der Waals surface area contributed by atoms with E-state index in [1.165, 1.54) is 19.2 Å². The van der Waals surface area contributed by atoms with Gasteiger partial charge in [-0.3, -0.25) is 4.79 Å². The number of methoxy groups -OCH3 is 1. The molecule has 0 aromatic carbocycles. The molecule has 6 nitrogen and oxygen atoms in total. The van der Waals surface area contributed by atoms with E-state index in [0.29, 0.717) is 30.7 Å². The molecule has 2 rings (SSSR count). The topological polar surface area (TPSA) is 76.1 Å². The normalized spacial score (nSPS) is 14.4. The van der Waals surface area contributed by atoms with Gasteiger partial charge in [0.1, 0.15) is 17.8 Å². The molecule has 1 aliphatic carbocycles. The molecule has 0 unspecified atom stereocenters. The van der Waals surface area contributed by atoms with E-state index in [4.69, 9.17) is 4.74 Å². The number of carbonyl (C=O) groups excluding carboxylic acids is 1. The summed E-state index contributed by atoms with van der Waals surface area (Å²) in [6, 6.07) is 2.18. The highest BCUT2D eigenvalue weighted by atomic mass is 16.5. The summed E-state index contributed by atoms with van der Waals surface area (Å²) < 4.78 is 4.85. The Balaban J connectivity index is 1.91. The average Bonchev–Trinajstić information content (AvgIpc) is 3.13. The fourth-order valence-corrected chi connectivity index (χ4v) is 1.35. The highest BCUT2D eigenvalue weighted by molar-refractivity contribution is 5.92. The molecule has 0 radical (unpaired) electrons. The van der Waals surface area contributed by atoms with E-state index >= 15 is 0 Å². The number of rotatable bonds is 6. The van der Waals surface area contributed by atoms with Crippen LogP contribution in [0.4, 0.5) is 5.82 Å². The number of nitrogens with one attached hydrogen (secondary N) is 2. The lowest BCUT2D eigenvalue weighted by Crippen LogP contribution is -2.27. The molecule has 0 aliphatic heterocycles. The van der Waals surface area contributed by atoms with Crippen molar-refractivity contribution in [1.82, 2.24) is 15.3 Å². The minimum atomic E-state index is -0.205. The van der Waals surface area contributed by atoms with Gasteiger partial charge in [-0.05, 0) is 12.8 Å². The summed E-state index contributed by atoms with van der Waals surface area (Å²) in [6.45, 7) is 0.967. The molecule has 92 valence electrons. The standard InChI is InChI=1S/C11H16N4O2/c1-17-5-4-12-11(16)9-6-10(14-7-13-9)15-8-2-3-8/h6-8H,2-5H2,1H3,(H,12,16)(H,13,14,15).